The highest BCUT2D eigenvalue weighted by molar-refractivity contribution is 5.97. The van der Waals surface area contributed by atoms with Crippen molar-refractivity contribution in [3.05, 3.63) is 29.6 Å². The van der Waals surface area contributed by atoms with E-state index in [-0.39, 0.29) is 23.2 Å². The number of nitrogens with zero attached hydrogens (tertiary/aromatic N) is 2. The number of likely N-dealkylation sites (tertiary alicyclic amines) is 1. The first-order valence-corrected chi connectivity index (χ1v) is 11.2. The van der Waals surface area contributed by atoms with Crippen LogP contribution in [0.25, 0.3) is 6.08 Å². The zero-order valence-corrected chi connectivity index (χ0v) is 19.7. The maximum Gasteiger partial charge on any atom is 0.410 e. The molecule has 2 aliphatic rings. The van der Waals surface area contributed by atoms with Gasteiger partial charge < -0.3 is 20.1 Å². The average Bonchev–Trinajstić information content (AvgIpc) is 3.40. The molecule has 2 N–H and O–H groups in total. The first kappa shape index (κ1) is 24.7. The molecular formula is C24H37N3O4. The van der Waals surface area contributed by atoms with Gasteiger partial charge in [0.2, 0.25) is 5.91 Å². The van der Waals surface area contributed by atoms with E-state index in [4.69, 9.17) is 4.74 Å². The van der Waals surface area contributed by atoms with Gasteiger partial charge in [-0.25, -0.2) is 4.79 Å². The van der Waals surface area contributed by atoms with E-state index in [2.05, 4.69) is 10.3 Å². The van der Waals surface area contributed by atoms with Crippen molar-refractivity contribution in [3.8, 4) is 5.75 Å². The summed E-state index contributed by atoms with van der Waals surface area (Å²) in [6.45, 7) is 13.4. The monoisotopic (exact) mass is 431 g/mol. The van der Waals surface area contributed by atoms with Crippen LogP contribution in [0.15, 0.2) is 24.0 Å². The van der Waals surface area contributed by atoms with Gasteiger partial charge in [0, 0.05) is 37.0 Å². The van der Waals surface area contributed by atoms with Crippen molar-refractivity contribution in [1.29, 1.82) is 0 Å². The van der Waals surface area contributed by atoms with Gasteiger partial charge in [-0.3, -0.25) is 9.78 Å². The third-order valence-electron chi connectivity index (χ3n) is 5.84. The third-order valence-corrected chi connectivity index (χ3v) is 5.84. The largest absolute Gasteiger partial charge is 0.506 e. The predicted molar refractivity (Wildman–Crippen MR) is 121 cm³/mol. The molecule has 1 aromatic rings. The van der Waals surface area contributed by atoms with Crippen molar-refractivity contribution in [2.75, 3.05) is 19.6 Å². The summed E-state index contributed by atoms with van der Waals surface area (Å²) in [5.41, 5.74) is 0.884. The zero-order valence-electron chi connectivity index (χ0n) is 19.7. The van der Waals surface area contributed by atoms with Crippen LogP contribution in [0, 0.1) is 11.3 Å². The molecule has 1 aliphatic carbocycles. The molecule has 31 heavy (non-hydrogen) atoms. The summed E-state index contributed by atoms with van der Waals surface area (Å²) in [6, 6.07) is 1.67. The van der Waals surface area contributed by atoms with Crippen molar-refractivity contribution in [2.24, 2.45) is 11.3 Å². The standard InChI is InChI=1S/C22H31N3O4.C2H6/c1-15(11-16-5-8-23-14-18(16)26)19(27)24-13-17-12-22(17)6-9-25(10-7-22)20(28)29-21(2,3)4;1-2/h5,8,11,14,17,26H,6-7,9-10,12-13H2,1-4H3,(H,24,27);1-2H3/b15-11+;. The lowest BCUT2D eigenvalue weighted by Gasteiger charge is -2.34. The summed E-state index contributed by atoms with van der Waals surface area (Å²) < 4.78 is 5.46. The van der Waals surface area contributed by atoms with E-state index in [0.717, 1.165) is 19.3 Å². The Labute approximate surface area is 185 Å². The Morgan fingerprint density at radius 1 is 1.32 bits per heavy atom. The van der Waals surface area contributed by atoms with Gasteiger partial charge in [0.05, 0.1) is 6.20 Å². The molecule has 3 rings (SSSR count). The molecule has 2 fully saturated rings. The fourth-order valence-corrected chi connectivity index (χ4v) is 3.97. The smallest absolute Gasteiger partial charge is 0.410 e. The van der Waals surface area contributed by atoms with E-state index in [9.17, 15) is 14.7 Å². The van der Waals surface area contributed by atoms with Crippen LogP contribution in [0.3, 0.4) is 0 Å². The number of ether oxygens (including phenoxy) is 1. The molecule has 1 spiro atoms. The van der Waals surface area contributed by atoms with E-state index >= 15 is 0 Å². The zero-order chi connectivity index (χ0) is 23.2. The van der Waals surface area contributed by atoms with Gasteiger partial charge in [-0.15, -0.1) is 0 Å². The quantitative estimate of drug-likeness (QED) is 0.691. The molecule has 172 valence electrons. The Hall–Kier alpha value is -2.57. The summed E-state index contributed by atoms with van der Waals surface area (Å²) in [6.07, 6.45) is 7.34. The van der Waals surface area contributed by atoms with Crippen LogP contribution >= 0.6 is 0 Å². The summed E-state index contributed by atoms with van der Waals surface area (Å²) in [4.78, 5) is 30.2. The van der Waals surface area contributed by atoms with Crippen LogP contribution in [0.1, 0.15) is 66.4 Å². The van der Waals surface area contributed by atoms with Gasteiger partial charge in [-0.05, 0) is 70.4 Å². The Morgan fingerprint density at radius 2 is 1.97 bits per heavy atom. The third kappa shape index (κ3) is 6.71. The molecule has 7 heteroatoms. The highest BCUT2D eigenvalue weighted by Gasteiger charge is 2.55. The molecule has 1 saturated heterocycles. The fourth-order valence-electron chi connectivity index (χ4n) is 3.97. The Kier molecular flexibility index (Phi) is 8.09. The summed E-state index contributed by atoms with van der Waals surface area (Å²) in [5.74, 6) is 0.376. The number of nitrogens with one attached hydrogen (secondary N) is 1. The first-order valence-electron chi connectivity index (χ1n) is 11.2. The van der Waals surface area contributed by atoms with Crippen LogP contribution in [0.2, 0.25) is 0 Å². The number of amides is 2. The molecule has 2 heterocycles. The van der Waals surface area contributed by atoms with Crippen molar-refractivity contribution in [2.45, 2.75) is 66.4 Å². The highest BCUT2D eigenvalue weighted by atomic mass is 16.6. The highest BCUT2D eigenvalue weighted by Crippen LogP contribution is 2.59. The molecule has 0 aromatic carbocycles. The van der Waals surface area contributed by atoms with Gasteiger partial charge in [-0.2, -0.15) is 0 Å². The number of pyridine rings is 1. The number of carbonyl (C=O) groups excluding carboxylic acids is 2. The van der Waals surface area contributed by atoms with Gasteiger partial charge >= 0.3 is 6.09 Å². The topological polar surface area (TPSA) is 91.8 Å². The second kappa shape index (κ2) is 10.2. The minimum atomic E-state index is -0.475. The molecule has 1 unspecified atom stereocenters. The molecule has 0 radical (unpaired) electrons. The number of aromatic nitrogens is 1. The van der Waals surface area contributed by atoms with E-state index < -0.39 is 5.60 Å². The maximum atomic E-state index is 12.4. The first-order chi connectivity index (χ1) is 14.6. The van der Waals surface area contributed by atoms with Crippen molar-refractivity contribution < 1.29 is 19.4 Å². The number of hydrogen-bond acceptors (Lipinski definition) is 5. The van der Waals surface area contributed by atoms with E-state index in [1.807, 2.05) is 34.6 Å². The summed E-state index contributed by atoms with van der Waals surface area (Å²) in [5, 5.41) is 12.8. The van der Waals surface area contributed by atoms with Crippen LogP contribution in [-0.4, -0.2) is 52.2 Å². The average molecular weight is 432 g/mol. The summed E-state index contributed by atoms with van der Waals surface area (Å²) >= 11 is 0. The summed E-state index contributed by atoms with van der Waals surface area (Å²) in [7, 11) is 0. The van der Waals surface area contributed by atoms with Crippen LogP contribution < -0.4 is 5.32 Å². The molecule has 1 saturated carbocycles. The van der Waals surface area contributed by atoms with Gasteiger partial charge in [0.15, 0.2) is 0 Å². The Morgan fingerprint density at radius 3 is 2.55 bits per heavy atom. The molecule has 0 bridgehead atoms. The van der Waals surface area contributed by atoms with E-state index in [1.165, 1.54) is 6.20 Å². The number of carbonyl (C=O) groups is 2. The molecule has 7 nitrogen and oxygen atoms in total. The lowest BCUT2D eigenvalue weighted by molar-refractivity contribution is -0.117. The normalized spacial score (nSPS) is 19.9. The lowest BCUT2D eigenvalue weighted by Crippen LogP contribution is -2.43. The molecular weight excluding hydrogens is 394 g/mol. The van der Waals surface area contributed by atoms with E-state index in [0.29, 0.717) is 36.7 Å². The Balaban J connectivity index is 0.00000166. The van der Waals surface area contributed by atoms with Crippen LogP contribution in [-0.2, 0) is 9.53 Å². The number of aromatic hydroxyl groups is 1. The minimum absolute atomic E-state index is 0.0533. The van der Waals surface area contributed by atoms with Crippen molar-refractivity contribution in [1.82, 2.24) is 15.2 Å². The molecule has 1 aromatic heterocycles. The second-order valence-corrected chi connectivity index (χ2v) is 9.20. The SMILES string of the molecule is C/C(=C\c1ccncc1O)C(=O)NCC1CC12CCN(C(=O)OC(C)(C)C)CC2.CC. The minimum Gasteiger partial charge on any atom is -0.506 e. The maximum absolute atomic E-state index is 12.4. The molecule has 1 atom stereocenters. The van der Waals surface area contributed by atoms with Crippen LogP contribution in [0.5, 0.6) is 5.75 Å². The van der Waals surface area contributed by atoms with Gasteiger partial charge in [-0.1, -0.05) is 13.8 Å². The molecule has 2 amide bonds. The predicted octanol–water partition coefficient (Wildman–Crippen LogP) is 4.37. The van der Waals surface area contributed by atoms with Crippen molar-refractivity contribution >= 4 is 18.1 Å². The van der Waals surface area contributed by atoms with Crippen molar-refractivity contribution in [3.63, 3.8) is 0 Å². The number of rotatable bonds is 4. The lowest BCUT2D eigenvalue weighted by atomic mass is 9.91. The van der Waals surface area contributed by atoms with Crippen LogP contribution in [0.4, 0.5) is 4.79 Å². The fraction of sp³-hybridized carbons (Fsp3) is 0.625. The molecule has 1 aliphatic heterocycles. The van der Waals surface area contributed by atoms with Gasteiger partial charge in [0.25, 0.3) is 0 Å². The Bertz CT molecular complexity index is 805. The number of piperidine rings is 1. The van der Waals surface area contributed by atoms with Gasteiger partial charge in [0.1, 0.15) is 11.4 Å². The number of hydrogen-bond donors (Lipinski definition) is 2. The second-order valence-electron chi connectivity index (χ2n) is 9.20. The van der Waals surface area contributed by atoms with E-state index in [1.54, 1.807) is 30.2 Å².